The molecule has 1 heterocycles. The number of alkyl halides is 3. The van der Waals surface area contributed by atoms with Crippen molar-refractivity contribution >= 4 is 0 Å². The van der Waals surface area contributed by atoms with Gasteiger partial charge in [0.25, 0.3) is 0 Å². The number of rotatable bonds is 1. The maximum absolute atomic E-state index is 12.2. The van der Waals surface area contributed by atoms with Crippen LogP contribution in [0.3, 0.4) is 0 Å². The minimum atomic E-state index is -4.32. The summed E-state index contributed by atoms with van der Waals surface area (Å²) in [5.74, 6) is 0. The molecule has 0 radical (unpaired) electrons. The first-order valence-electron chi connectivity index (χ1n) is 3.43. The molecule has 5 heteroatoms. The van der Waals surface area contributed by atoms with Crippen molar-refractivity contribution in [3.8, 4) is 0 Å². The van der Waals surface area contributed by atoms with E-state index in [1.807, 2.05) is 0 Å². The van der Waals surface area contributed by atoms with E-state index < -0.39 is 11.7 Å². The van der Waals surface area contributed by atoms with Gasteiger partial charge in [-0.25, -0.2) is 0 Å². The molecule has 0 amide bonds. The van der Waals surface area contributed by atoms with Gasteiger partial charge in [0.1, 0.15) is 0 Å². The van der Waals surface area contributed by atoms with Crippen LogP contribution in [0.15, 0.2) is 12.3 Å². The summed E-state index contributed by atoms with van der Waals surface area (Å²) in [5.41, 5.74) is -0.704. The predicted octanol–water partition coefficient (Wildman–Crippen LogP) is 2.06. The first-order chi connectivity index (χ1) is 5.55. The molecule has 0 saturated carbocycles. The summed E-state index contributed by atoms with van der Waals surface area (Å²) >= 11 is 0. The highest BCUT2D eigenvalue weighted by Gasteiger charge is 2.33. The second-order valence-corrected chi connectivity index (χ2v) is 2.24. The second-order valence-electron chi connectivity index (χ2n) is 2.24. The highest BCUT2D eigenvalue weighted by atomic mass is 19.4. The molecule has 1 rings (SSSR count). The van der Waals surface area contributed by atoms with Gasteiger partial charge < -0.3 is 0 Å². The van der Waals surface area contributed by atoms with Crippen LogP contribution in [0.25, 0.3) is 0 Å². The molecular formula is C7H7F3N2. The van der Waals surface area contributed by atoms with Gasteiger partial charge in [-0.05, 0) is 12.5 Å². The van der Waals surface area contributed by atoms with Crippen molar-refractivity contribution < 1.29 is 13.2 Å². The van der Waals surface area contributed by atoms with Gasteiger partial charge in [0, 0.05) is 0 Å². The number of hydrogen-bond acceptors (Lipinski definition) is 2. The van der Waals surface area contributed by atoms with Crippen LogP contribution in [0.2, 0.25) is 0 Å². The Balaban J connectivity index is 3.14. The normalized spacial score (nSPS) is 11.7. The van der Waals surface area contributed by atoms with Crippen molar-refractivity contribution in [1.82, 2.24) is 10.2 Å². The molecule has 1 aromatic heterocycles. The summed E-state index contributed by atoms with van der Waals surface area (Å²) in [6.07, 6.45) is -3.04. The molecule has 0 unspecified atom stereocenters. The zero-order valence-corrected chi connectivity index (χ0v) is 6.39. The zero-order chi connectivity index (χ0) is 9.19. The van der Waals surface area contributed by atoms with Crippen molar-refractivity contribution in [3.63, 3.8) is 0 Å². The van der Waals surface area contributed by atoms with E-state index in [4.69, 9.17) is 0 Å². The summed E-state index contributed by atoms with van der Waals surface area (Å²) in [7, 11) is 0. The first kappa shape index (κ1) is 8.96. The van der Waals surface area contributed by atoms with Crippen LogP contribution in [-0.4, -0.2) is 10.2 Å². The van der Waals surface area contributed by atoms with Crippen molar-refractivity contribution in [2.24, 2.45) is 0 Å². The van der Waals surface area contributed by atoms with Gasteiger partial charge in [0.05, 0.1) is 17.5 Å². The van der Waals surface area contributed by atoms with Gasteiger partial charge in [-0.2, -0.15) is 23.4 Å². The van der Waals surface area contributed by atoms with Gasteiger partial charge in [0.15, 0.2) is 0 Å². The average Bonchev–Trinajstić information content (AvgIpc) is 2.03. The molecule has 66 valence electrons. The standard InChI is InChI=1S/C7H7F3N2/c1-2-6-5(7(8,9)10)3-4-11-12-6/h3-4H,2H2,1H3. The van der Waals surface area contributed by atoms with Crippen LogP contribution in [0.5, 0.6) is 0 Å². The second kappa shape index (κ2) is 3.08. The lowest BCUT2D eigenvalue weighted by atomic mass is 10.2. The fourth-order valence-electron chi connectivity index (χ4n) is 0.880. The number of halogens is 3. The third-order valence-corrected chi connectivity index (χ3v) is 1.44. The summed E-state index contributed by atoms with van der Waals surface area (Å²) in [6, 6.07) is 0.936. The quantitative estimate of drug-likeness (QED) is 0.654. The Morgan fingerprint density at radius 2 is 2.08 bits per heavy atom. The van der Waals surface area contributed by atoms with Gasteiger partial charge in [0.2, 0.25) is 0 Å². The van der Waals surface area contributed by atoms with Crippen LogP contribution < -0.4 is 0 Å². The summed E-state index contributed by atoms with van der Waals surface area (Å²) in [4.78, 5) is 0. The molecule has 2 nitrogen and oxygen atoms in total. The van der Waals surface area contributed by atoms with Crippen LogP contribution in [0.1, 0.15) is 18.2 Å². The number of aromatic nitrogens is 2. The zero-order valence-electron chi connectivity index (χ0n) is 6.39. The van der Waals surface area contributed by atoms with Crippen molar-refractivity contribution in [2.75, 3.05) is 0 Å². The molecule has 0 aromatic carbocycles. The van der Waals surface area contributed by atoms with Gasteiger partial charge >= 0.3 is 6.18 Å². The number of aryl methyl sites for hydroxylation is 1. The lowest BCUT2D eigenvalue weighted by Crippen LogP contribution is -2.10. The molecule has 0 fully saturated rings. The SMILES string of the molecule is CCc1nnccc1C(F)(F)F. The summed E-state index contributed by atoms with van der Waals surface area (Å²) in [5, 5.41) is 6.77. The fraction of sp³-hybridized carbons (Fsp3) is 0.429. The Hall–Kier alpha value is -1.13. The fourth-order valence-corrected chi connectivity index (χ4v) is 0.880. The van der Waals surface area contributed by atoms with Crippen LogP contribution >= 0.6 is 0 Å². The van der Waals surface area contributed by atoms with E-state index in [-0.39, 0.29) is 12.1 Å². The lowest BCUT2D eigenvalue weighted by Gasteiger charge is -2.08. The highest BCUT2D eigenvalue weighted by Crippen LogP contribution is 2.30. The van der Waals surface area contributed by atoms with Crippen LogP contribution in [-0.2, 0) is 12.6 Å². The molecule has 0 aliphatic carbocycles. The summed E-state index contributed by atoms with van der Waals surface area (Å²) in [6.45, 7) is 1.61. The Bertz CT molecular complexity index is 270. The topological polar surface area (TPSA) is 25.8 Å². The van der Waals surface area contributed by atoms with E-state index in [2.05, 4.69) is 10.2 Å². The minimum Gasteiger partial charge on any atom is -0.166 e. The molecule has 0 aliphatic rings. The molecule has 12 heavy (non-hydrogen) atoms. The molecule has 0 N–H and O–H groups in total. The van der Waals surface area contributed by atoms with E-state index in [9.17, 15) is 13.2 Å². The van der Waals surface area contributed by atoms with E-state index in [1.165, 1.54) is 0 Å². The Kier molecular flexibility index (Phi) is 2.30. The molecular weight excluding hydrogens is 169 g/mol. The van der Waals surface area contributed by atoms with Gasteiger partial charge in [-0.1, -0.05) is 6.92 Å². The lowest BCUT2D eigenvalue weighted by molar-refractivity contribution is -0.138. The largest absolute Gasteiger partial charge is 0.418 e. The highest BCUT2D eigenvalue weighted by molar-refractivity contribution is 5.20. The smallest absolute Gasteiger partial charge is 0.166 e. The Morgan fingerprint density at radius 3 is 2.50 bits per heavy atom. The predicted molar refractivity (Wildman–Crippen MR) is 36.4 cm³/mol. The number of hydrogen-bond donors (Lipinski definition) is 0. The van der Waals surface area contributed by atoms with E-state index in [0.29, 0.717) is 0 Å². The van der Waals surface area contributed by atoms with E-state index in [0.717, 1.165) is 12.3 Å². The monoisotopic (exact) mass is 176 g/mol. The maximum atomic E-state index is 12.2. The van der Waals surface area contributed by atoms with Crippen molar-refractivity contribution in [3.05, 3.63) is 23.5 Å². The third-order valence-electron chi connectivity index (χ3n) is 1.44. The molecule has 0 saturated heterocycles. The molecule has 0 bridgehead atoms. The van der Waals surface area contributed by atoms with Crippen molar-refractivity contribution in [2.45, 2.75) is 19.5 Å². The van der Waals surface area contributed by atoms with Gasteiger partial charge in [-0.3, -0.25) is 0 Å². The number of nitrogens with zero attached hydrogens (tertiary/aromatic N) is 2. The molecule has 0 aliphatic heterocycles. The van der Waals surface area contributed by atoms with E-state index >= 15 is 0 Å². The summed E-state index contributed by atoms with van der Waals surface area (Å²) < 4.78 is 36.5. The third kappa shape index (κ3) is 1.72. The van der Waals surface area contributed by atoms with Gasteiger partial charge in [-0.15, -0.1) is 0 Å². The van der Waals surface area contributed by atoms with Crippen LogP contribution in [0, 0.1) is 0 Å². The molecule has 0 atom stereocenters. The van der Waals surface area contributed by atoms with Crippen LogP contribution in [0.4, 0.5) is 13.2 Å². The van der Waals surface area contributed by atoms with E-state index in [1.54, 1.807) is 6.92 Å². The molecule has 1 aromatic rings. The average molecular weight is 176 g/mol. The Labute approximate surface area is 67.4 Å². The van der Waals surface area contributed by atoms with Crippen molar-refractivity contribution in [1.29, 1.82) is 0 Å². The molecule has 0 spiro atoms. The minimum absolute atomic E-state index is 0.00926. The maximum Gasteiger partial charge on any atom is 0.418 e. The Morgan fingerprint density at radius 1 is 1.42 bits per heavy atom. The first-order valence-corrected chi connectivity index (χ1v) is 3.43.